The third-order valence-electron chi connectivity index (χ3n) is 4.19. The predicted molar refractivity (Wildman–Crippen MR) is 102 cm³/mol. The van der Waals surface area contributed by atoms with E-state index < -0.39 is 14.9 Å². The Morgan fingerprint density at radius 2 is 1.96 bits per heavy atom. The number of nitrogen functional groups attached to an aromatic ring is 1. The number of nitrogens with two attached hydrogens (primary N) is 1. The fourth-order valence-electron chi connectivity index (χ4n) is 3.03. The van der Waals surface area contributed by atoms with Crippen molar-refractivity contribution in [1.29, 1.82) is 0 Å². The molecule has 0 amide bonds. The van der Waals surface area contributed by atoms with Crippen molar-refractivity contribution in [1.82, 2.24) is 4.72 Å². The number of hydrogen-bond acceptors (Lipinski definition) is 5. The van der Waals surface area contributed by atoms with Gasteiger partial charge in [0.1, 0.15) is 4.90 Å². The van der Waals surface area contributed by atoms with E-state index in [1.165, 1.54) is 0 Å². The molecule has 0 radical (unpaired) electrons. The first-order chi connectivity index (χ1) is 11.8. The summed E-state index contributed by atoms with van der Waals surface area (Å²) in [5, 5.41) is 10.6. The lowest BCUT2D eigenvalue weighted by molar-refractivity contribution is -0.384. The van der Waals surface area contributed by atoms with Crippen LogP contribution in [0.4, 0.5) is 11.4 Å². The van der Waals surface area contributed by atoms with Gasteiger partial charge in [-0.2, -0.15) is 0 Å². The second-order valence-electron chi connectivity index (χ2n) is 5.90. The fraction of sp³-hybridized carbons (Fsp3) is 0.250. The molecule has 3 rings (SSSR count). The highest BCUT2D eigenvalue weighted by Gasteiger charge is 2.28. The van der Waals surface area contributed by atoms with Crippen molar-refractivity contribution in [2.45, 2.75) is 30.2 Å². The molecule has 0 fully saturated rings. The Hall–Kier alpha value is -1.87. The summed E-state index contributed by atoms with van der Waals surface area (Å²) in [4.78, 5) is 9.96. The average Bonchev–Trinajstić information content (AvgIpc) is 2.54. The molecule has 0 aliphatic heterocycles. The number of anilines is 1. The Bertz CT molecular complexity index is 951. The van der Waals surface area contributed by atoms with Crippen molar-refractivity contribution >= 4 is 45.4 Å². The molecule has 1 atom stereocenters. The second kappa shape index (κ2) is 7.79. The number of hydrogen-bond donors (Lipinski definition) is 2. The van der Waals surface area contributed by atoms with Crippen molar-refractivity contribution in [3.05, 3.63) is 62.7 Å². The Morgan fingerprint density at radius 3 is 2.62 bits per heavy atom. The lowest BCUT2D eigenvalue weighted by Crippen LogP contribution is -2.31. The highest BCUT2D eigenvalue weighted by molar-refractivity contribution is 7.89. The quantitative estimate of drug-likeness (QED) is 0.447. The minimum absolute atomic E-state index is 0. The number of nitrogens with one attached hydrogen (secondary N) is 1. The van der Waals surface area contributed by atoms with Gasteiger partial charge in [-0.25, -0.2) is 13.1 Å². The molecule has 1 unspecified atom stereocenters. The van der Waals surface area contributed by atoms with Gasteiger partial charge in [0.15, 0.2) is 0 Å². The lowest BCUT2D eigenvalue weighted by atomic mass is 9.88. The molecule has 0 bridgehead atoms. The molecule has 0 spiro atoms. The van der Waals surface area contributed by atoms with Crippen molar-refractivity contribution in [2.75, 3.05) is 5.73 Å². The first kappa shape index (κ1) is 20.4. The number of aryl methyl sites for hydroxylation is 1. The zero-order valence-corrected chi connectivity index (χ0v) is 15.9. The molecule has 7 nitrogen and oxygen atoms in total. The van der Waals surface area contributed by atoms with E-state index in [0.29, 0.717) is 12.1 Å². The van der Waals surface area contributed by atoms with Crippen molar-refractivity contribution in [2.24, 2.45) is 0 Å². The number of sulfonamides is 1. The van der Waals surface area contributed by atoms with Crippen LogP contribution in [0.5, 0.6) is 0 Å². The molecular formula is C16H17Cl2N3O4S. The van der Waals surface area contributed by atoms with Crippen LogP contribution in [0, 0.1) is 10.1 Å². The molecule has 1 aliphatic rings. The van der Waals surface area contributed by atoms with Gasteiger partial charge < -0.3 is 5.73 Å². The Morgan fingerprint density at radius 1 is 1.23 bits per heavy atom. The van der Waals surface area contributed by atoms with E-state index in [0.717, 1.165) is 42.2 Å². The molecule has 0 saturated heterocycles. The molecule has 10 heteroatoms. The smallest absolute Gasteiger partial charge is 0.271 e. The number of rotatable bonds is 4. The van der Waals surface area contributed by atoms with Gasteiger partial charge in [0.2, 0.25) is 10.0 Å². The first-order valence-corrected chi connectivity index (χ1v) is 9.48. The number of fused-ring (bicyclic) bond motifs is 1. The van der Waals surface area contributed by atoms with Gasteiger partial charge in [-0.3, -0.25) is 10.1 Å². The van der Waals surface area contributed by atoms with Crippen LogP contribution < -0.4 is 10.5 Å². The Balaban J connectivity index is 0.00000243. The van der Waals surface area contributed by atoms with Gasteiger partial charge in [0.25, 0.3) is 5.69 Å². The minimum Gasteiger partial charge on any atom is -0.399 e. The van der Waals surface area contributed by atoms with Crippen molar-refractivity contribution in [3.63, 3.8) is 0 Å². The van der Waals surface area contributed by atoms with Crippen LogP contribution in [0.3, 0.4) is 0 Å². The number of nitrogens with zero attached hydrogens (tertiary/aromatic N) is 1. The van der Waals surface area contributed by atoms with Crippen molar-refractivity contribution in [3.8, 4) is 0 Å². The predicted octanol–water partition coefficient (Wildman–Crippen LogP) is 3.61. The third kappa shape index (κ3) is 4.09. The van der Waals surface area contributed by atoms with Crippen LogP contribution in [0.2, 0.25) is 5.02 Å². The van der Waals surface area contributed by atoms with Crippen LogP contribution in [-0.4, -0.2) is 13.3 Å². The molecule has 140 valence electrons. The maximum absolute atomic E-state index is 12.7. The standard InChI is InChI=1S/C16H16ClN3O4S.ClH/c17-14-9-12(20(21)22)5-7-16(14)25(23,24)19-15-3-1-2-10-8-11(18)4-6-13(10)15;/h4-9,15,19H,1-3,18H2;1H. The molecular weight excluding hydrogens is 401 g/mol. The zero-order chi connectivity index (χ0) is 18.2. The van der Waals surface area contributed by atoms with Crippen LogP contribution in [0.25, 0.3) is 0 Å². The van der Waals surface area contributed by atoms with Crippen molar-refractivity contribution < 1.29 is 13.3 Å². The molecule has 2 aromatic carbocycles. The van der Waals surface area contributed by atoms with E-state index in [-0.39, 0.29) is 34.1 Å². The molecule has 0 heterocycles. The summed E-state index contributed by atoms with van der Waals surface area (Å²) in [5.41, 5.74) is 8.08. The van der Waals surface area contributed by atoms with Crippen LogP contribution in [0.1, 0.15) is 30.0 Å². The van der Waals surface area contributed by atoms with Gasteiger partial charge in [0.05, 0.1) is 9.95 Å². The number of halogens is 2. The molecule has 2 aromatic rings. The summed E-state index contributed by atoms with van der Waals surface area (Å²) in [5.74, 6) is 0. The number of non-ortho nitro benzene ring substituents is 1. The van der Waals surface area contributed by atoms with Gasteiger partial charge in [-0.1, -0.05) is 17.7 Å². The van der Waals surface area contributed by atoms with Gasteiger partial charge in [0, 0.05) is 23.9 Å². The fourth-order valence-corrected chi connectivity index (χ4v) is 4.82. The molecule has 0 aromatic heterocycles. The summed E-state index contributed by atoms with van der Waals surface area (Å²) in [6.07, 6.45) is 2.33. The second-order valence-corrected chi connectivity index (χ2v) is 7.99. The topological polar surface area (TPSA) is 115 Å². The van der Waals surface area contributed by atoms with Crippen LogP contribution in [-0.2, 0) is 16.4 Å². The van der Waals surface area contributed by atoms with E-state index in [1.807, 2.05) is 12.1 Å². The van der Waals surface area contributed by atoms with E-state index in [4.69, 9.17) is 17.3 Å². The summed E-state index contributed by atoms with van der Waals surface area (Å²) < 4.78 is 28.0. The average molecular weight is 418 g/mol. The summed E-state index contributed by atoms with van der Waals surface area (Å²) >= 11 is 5.96. The number of nitro benzene ring substituents is 1. The molecule has 3 N–H and O–H groups in total. The number of benzene rings is 2. The van der Waals surface area contributed by atoms with E-state index in [1.54, 1.807) is 6.07 Å². The van der Waals surface area contributed by atoms with E-state index in [2.05, 4.69) is 4.72 Å². The van der Waals surface area contributed by atoms with Crippen LogP contribution in [0.15, 0.2) is 41.3 Å². The minimum atomic E-state index is -3.92. The molecule has 26 heavy (non-hydrogen) atoms. The molecule has 1 aliphatic carbocycles. The normalized spacial score (nSPS) is 16.4. The zero-order valence-electron chi connectivity index (χ0n) is 13.5. The Labute approximate surface area is 162 Å². The molecule has 0 saturated carbocycles. The largest absolute Gasteiger partial charge is 0.399 e. The highest BCUT2D eigenvalue weighted by atomic mass is 35.5. The Kier molecular flexibility index (Phi) is 6.13. The van der Waals surface area contributed by atoms with E-state index in [9.17, 15) is 18.5 Å². The van der Waals surface area contributed by atoms with Crippen LogP contribution >= 0.6 is 24.0 Å². The summed E-state index contributed by atoms with van der Waals surface area (Å²) in [6.45, 7) is 0. The monoisotopic (exact) mass is 417 g/mol. The number of nitro groups is 1. The highest BCUT2D eigenvalue weighted by Crippen LogP contribution is 2.33. The summed E-state index contributed by atoms with van der Waals surface area (Å²) in [7, 11) is -3.92. The van der Waals surface area contributed by atoms with Gasteiger partial charge >= 0.3 is 0 Å². The SMILES string of the molecule is Cl.Nc1ccc2c(c1)CCCC2NS(=O)(=O)c1ccc([N+](=O)[O-])cc1Cl. The first-order valence-electron chi connectivity index (χ1n) is 7.62. The lowest BCUT2D eigenvalue weighted by Gasteiger charge is -2.26. The summed E-state index contributed by atoms with van der Waals surface area (Å²) in [6, 6.07) is 8.34. The van der Waals surface area contributed by atoms with Gasteiger partial charge in [-0.05, 0) is 48.6 Å². The maximum Gasteiger partial charge on any atom is 0.271 e. The van der Waals surface area contributed by atoms with E-state index >= 15 is 0 Å². The third-order valence-corrected chi connectivity index (χ3v) is 6.15. The van der Waals surface area contributed by atoms with Gasteiger partial charge in [-0.15, -0.1) is 12.4 Å². The maximum atomic E-state index is 12.7.